The number of nitro benzene ring substituents is 1. The number of alkyl halides is 3. The van der Waals surface area contributed by atoms with Crippen LogP contribution in [0.3, 0.4) is 0 Å². The number of benzene rings is 1. The zero-order chi connectivity index (χ0) is 20.5. The van der Waals surface area contributed by atoms with Crippen molar-refractivity contribution < 1.29 is 22.8 Å². The highest BCUT2D eigenvalue weighted by molar-refractivity contribution is 6.32. The van der Waals surface area contributed by atoms with Gasteiger partial charge in [-0.05, 0) is 30.7 Å². The van der Waals surface area contributed by atoms with E-state index in [2.05, 4.69) is 15.0 Å². The lowest BCUT2D eigenvalue weighted by Gasteiger charge is -2.12. The molecular weight excluding hydrogens is 401 g/mol. The van der Waals surface area contributed by atoms with Crippen LogP contribution in [-0.4, -0.2) is 19.9 Å². The lowest BCUT2D eigenvalue weighted by atomic mass is 10.2. The van der Waals surface area contributed by atoms with Gasteiger partial charge in [0.2, 0.25) is 5.88 Å². The highest BCUT2D eigenvalue weighted by Gasteiger charge is 2.34. The van der Waals surface area contributed by atoms with Gasteiger partial charge in [0.15, 0.2) is 11.5 Å². The molecule has 0 unspecified atom stereocenters. The molecule has 1 aromatic carbocycles. The molecule has 0 aliphatic heterocycles. The first-order valence-corrected chi connectivity index (χ1v) is 8.02. The summed E-state index contributed by atoms with van der Waals surface area (Å²) in [5.74, 6) is -0.736. The zero-order valence-corrected chi connectivity index (χ0v) is 14.8. The highest BCUT2D eigenvalue weighted by Crippen LogP contribution is 2.36. The molecule has 0 aliphatic carbocycles. The molecule has 28 heavy (non-hydrogen) atoms. The van der Waals surface area contributed by atoms with Gasteiger partial charge in [-0.1, -0.05) is 11.6 Å². The molecule has 3 aromatic rings. The molecule has 0 amide bonds. The van der Waals surface area contributed by atoms with Crippen LogP contribution in [0.2, 0.25) is 5.02 Å². The molecule has 0 bridgehead atoms. The lowest BCUT2D eigenvalue weighted by Crippen LogP contribution is -2.10. The third-order valence-corrected chi connectivity index (χ3v) is 3.87. The minimum atomic E-state index is -4.75. The number of ether oxygens (including phenoxy) is 1. The normalized spacial score (nSPS) is 11.3. The fraction of sp³-hybridized carbons (Fsp3) is 0.118. The van der Waals surface area contributed by atoms with Crippen molar-refractivity contribution in [1.29, 1.82) is 0 Å². The number of halogens is 4. The van der Waals surface area contributed by atoms with Crippen molar-refractivity contribution in [2.45, 2.75) is 13.1 Å². The number of nitrogens with zero attached hydrogens (tertiary/aromatic N) is 4. The van der Waals surface area contributed by atoms with Crippen molar-refractivity contribution in [3.8, 4) is 23.0 Å². The van der Waals surface area contributed by atoms with E-state index in [9.17, 15) is 23.3 Å². The van der Waals surface area contributed by atoms with E-state index >= 15 is 0 Å². The van der Waals surface area contributed by atoms with Gasteiger partial charge in [-0.2, -0.15) is 18.2 Å². The number of pyridine rings is 1. The Kier molecular flexibility index (Phi) is 5.14. The topological polar surface area (TPSA) is 91.0 Å². The van der Waals surface area contributed by atoms with Crippen molar-refractivity contribution in [3.63, 3.8) is 0 Å². The summed E-state index contributed by atoms with van der Waals surface area (Å²) in [7, 11) is 0. The van der Waals surface area contributed by atoms with E-state index in [4.69, 9.17) is 16.3 Å². The Morgan fingerprint density at radius 2 is 1.96 bits per heavy atom. The van der Waals surface area contributed by atoms with E-state index in [1.54, 1.807) is 6.92 Å². The highest BCUT2D eigenvalue weighted by atomic mass is 35.5. The SMILES string of the molecule is Cc1cc(Cl)c([N+](=O)[O-])cc1Oc1cc(C(F)(F)F)nc(-c2cccnc2)n1. The third kappa shape index (κ3) is 4.17. The molecule has 0 saturated heterocycles. The summed E-state index contributed by atoms with van der Waals surface area (Å²) in [6.45, 7) is 1.54. The van der Waals surface area contributed by atoms with Crippen LogP contribution in [0.5, 0.6) is 11.6 Å². The molecule has 0 saturated carbocycles. The van der Waals surface area contributed by atoms with E-state index < -0.39 is 28.4 Å². The first-order valence-electron chi connectivity index (χ1n) is 7.64. The Balaban J connectivity index is 2.10. The molecule has 2 aromatic heterocycles. The maximum absolute atomic E-state index is 13.2. The van der Waals surface area contributed by atoms with Crippen LogP contribution < -0.4 is 4.74 Å². The minimum Gasteiger partial charge on any atom is -0.438 e. The van der Waals surface area contributed by atoms with Crippen LogP contribution in [0.25, 0.3) is 11.4 Å². The van der Waals surface area contributed by atoms with Crippen LogP contribution >= 0.6 is 11.6 Å². The Morgan fingerprint density at radius 3 is 2.57 bits per heavy atom. The van der Waals surface area contributed by atoms with Crippen molar-refractivity contribution in [2.75, 3.05) is 0 Å². The third-order valence-electron chi connectivity index (χ3n) is 3.57. The van der Waals surface area contributed by atoms with Gasteiger partial charge < -0.3 is 4.74 Å². The van der Waals surface area contributed by atoms with Crippen LogP contribution in [0.15, 0.2) is 42.7 Å². The van der Waals surface area contributed by atoms with Crippen molar-refractivity contribution in [3.05, 3.63) is 69.1 Å². The Morgan fingerprint density at radius 1 is 1.21 bits per heavy atom. The molecule has 3 rings (SSSR count). The average Bonchev–Trinajstić information content (AvgIpc) is 2.63. The molecule has 0 spiro atoms. The first kappa shape index (κ1) is 19.5. The van der Waals surface area contributed by atoms with Crippen LogP contribution in [-0.2, 0) is 6.18 Å². The number of hydrogen-bond donors (Lipinski definition) is 0. The van der Waals surface area contributed by atoms with Gasteiger partial charge in [0.05, 0.1) is 11.0 Å². The van der Waals surface area contributed by atoms with Crippen molar-refractivity contribution >= 4 is 17.3 Å². The van der Waals surface area contributed by atoms with Crippen molar-refractivity contribution in [1.82, 2.24) is 15.0 Å². The largest absolute Gasteiger partial charge is 0.438 e. The number of nitro groups is 1. The lowest BCUT2D eigenvalue weighted by molar-refractivity contribution is -0.384. The Bertz CT molecular complexity index is 1050. The van der Waals surface area contributed by atoms with E-state index in [1.165, 1.54) is 30.6 Å². The summed E-state index contributed by atoms with van der Waals surface area (Å²) in [5, 5.41) is 10.9. The van der Waals surface area contributed by atoms with Gasteiger partial charge in [-0.15, -0.1) is 0 Å². The number of rotatable bonds is 4. The predicted molar refractivity (Wildman–Crippen MR) is 93.2 cm³/mol. The van der Waals surface area contributed by atoms with E-state index in [0.29, 0.717) is 11.6 Å². The smallest absolute Gasteiger partial charge is 0.433 e. The summed E-state index contributed by atoms with van der Waals surface area (Å²) in [4.78, 5) is 21.6. The monoisotopic (exact) mass is 410 g/mol. The Hall–Kier alpha value is -3.27. The predicted octanol–water partition coefficient (Wildman–Crippen LogP) is 5.22. The number of hydrogen-bond acceptors (Lipinski definition) is 6. The van der Waals surface area contributed by atoms with Gasteiger partial charge in [-0.3, -0.25) is 15.1 Å². The maximum atomic E-state index is 13.2. The minimum absolute atomic E-state index is 0.0555. The van der Waals surface area contributed by atoms with Crippen LogP contribution in [0.1, 0.15) is 11.3 Å². The second-order valence-electron chi connectivity index (χ2n) is 5.58. The van der Waals surface area contributed by atoms with E-state index in [-0.39, 0.29) is 22.2 Å². The van der Waals surface area contributed by atoms with Crippen LogP contribution in [0.4, 0.5) is 18.9 Å². The molecule has 0 N–H and O–H groups in total. The molecule has 0 atom stereocenters. The summed E-state index contributed by atoms with van der Waals surface area (Å²) >= 11 is 5.81. The number of aromatic nitrogens is 3. The second-order valence-corrected chi connectivity index (χ2v) is 5.99. The summed E-state index contributed by atoms with van der Waals surface area (Å²) < 4.78 is 45.1. The van der Waals surface area contributed by atoms with Crippen molar-refractivity contribution in [2.24, 2.45) is 0 Å². The molecule has 0 aliphatic rings. The summed E-state index contributed by atoms with van der Waals surface area (Å²) in [6.07, 6.45) is -2.00. The zero-order valence-electron chi connectivity index (χ0n) is 14.1. The molecular formula is C17H10ClF3N4O3. The summed E-state index contributed by atoms with van der Waals surface area (Å²) in [5.41, 5.74) is -1.04. The standard InChI is InChI=1S/C17H10ClF3N4O3/c1-9-5-11(18)12(25(26)27)6-13(9)28-15-7-14(17(19,20)21)23-16(24-15)10-3-2-4-22-8-10/h2-8H,1H3. The van der Waals surface area contributed by atoms with Gasteiger partial charge in [0, 0.05) is 24.0 Å². The summed E-state index contributed by atoms with van der Waals surface area (Å²) in [6, 6.07) is 5.93. The quantitative estimate of drug-likeness (QED) is 0.432. The molecule has 0 radical (unpaired) electrons. The Labute approximate surface area is 161 Å². The number of aryl methyl sites for hydroxylation is 1. The maximum Gasteiger partial charge on any atom is 0.433 e. The second kappa shape index (κ2) is 7.39. The fourth-order valence-corrected chi connectivity index (χ4v) is 2.54. The van der Waals surface area contributed by atoms with Gasteiger partial charge in [-0.25, -0.2) is 4.98 Å². The van der Waals surface area contributed by atoms with Gasteiger partial charge in [0.1, 0.15) is 10.8 Å². The van der Waals surface area contributed by atoms with Crippen LogP contribution in [0, 0.1) is 17.0 Å². The fourth-order valence-electron chi connectivity index (χ4n) is 2.25. The van der Waals surface area contributed by atoms with Gasteiger partial charge >= 0.3 is 6.18 Å². The van der Waals surface area contributed by atoms with Gasteiger partial charge in [0.25, 0.3) is 5.69 Å². The molecule has 0 fully saturated rings. The molecule has 144 valence electrons. The molecule has 11 heteroatoms. The molecule has 7 nitrogen and oxygen atoms in total. The van der Waals surface area contributed by atoms with E-state index in [1.807, 2.05) is 0 Å². The molecule has 2 heterocycles. The van der Waals surface area contributed by atoms with E-state index in [0.717, 1.165) is 6.07 Å². The average molecular weight is 411 g/mol. The first-order chi connectivity index (χ1) is 13.1.